The van der Waals surface area contributed by atoms with Crippen molar-refractivity contribution >= 4 is 12.6 Å². The van der Waals surface area contributed by atoms with Gasteiger partial charge in [0.1, 0.15) is 5.82 Å². The van der Waals surface area contributed by atoms with Crippen LogP contribution in [-0.2, 0) is 0 Å². The zero-order chi connectivity index (χ0) is 8.10. The summed E-state index contributed by atoms with van der Waals surface area (Å²) in [5.74, 6) is 0.988. The average Bonchev–Trinajstić information content (AvgIpc) is 2.52. The molecule has 0 aliphatic heterocycles. The lowest BCUT2D eigenvalue weighted by Crippen LogP contribution is -1.92. The maximum Gasteiger partial charge on any atom is 0.118 e. The highest BCUT2D eigenvalue weighted by Crippen LogP contribution is 2.21. The number of hydrogen-bond donors (Lipinski definition) is 2. The Morgan fingerprint density at radius 3 is 3.09 bits per heavy atom. The van der Waals surface area contributed by atoms with Gasteiger partial charge in [-0.3, -0.25) is 0 Å². The van der Waals surface area contributed by atoms with Crippen LogP contribution < -0.4 is 0 Å². The van der Waals surface area contributed by atoms with Gasteiger partial charge in [0.05, 0.1) is 5.25 Å². The molecule has 0 radical (unpaired) electrons. The van der Waals surface area contributed by atoms with Crippen LogP contribution in [-0.4, -0.2) is 9.97 Å². The molecule has 0 aromatic carbocycles. The van der Waals surface area contributed by atoms with Gasteiger partial charge in [0.2, 0.25) is 0 Å². The molecule has 62 valence electrons. The molecule has 0 bridgehead atoms. The lowest BCUT2D eigenvalue weighted by molar-refractivity contribution is 0.690. The maximum absolute atomic E-state index is 4.43. The summed E-state index contributed by atoms with van der Waals surface area (Å²) in [6.45, 7) is 2.18. The van der Waals surface area contributed by atoms with Crippen LogP contribution in [0.3, 0.4) is 0 Å². The number of aromatic amines is 1. The fourth-order valence-electron chi connectivity index (χ4n) is 0.994. The summed E-state index contributed by atoms with van der Waals surface area (Å²) in [5, 5.41) is 0.282. The van der Waals surface area contributed by atoms with Crippen molar-refractivity contribution in [3.8, 4) is 0 Å². The van der Waals surface area contributed by atoms with Gasteiger partial charge in [-0.25, -0.2) is 4.98 Å². The van der Waals surface area contributed by atoms with Crippen molar-refractivity contribution in [2.24, 2.45) is 0 Å². The Hall–Kier alpha value is -0.440. The molecule has 1 heterocycles. The first-order valence-corrected chi connectivity index (χ1v) is 4.53. The summed E-state index contributed by atoms with van der Waals surface area (Å²) >= 11 is 4.43. The fourth-order valence-corrected chi connectivity index (χ4v) is 1.32. The summed E-state index contributed by atoms with van der Waals surface area (Å²) in [6.07, 6.45) is 7.15. The molecule has 1 atom stereocenters. The van der Waals surface area contributed by atoms with Crippen LogP contribution in [0.25, 0.3) is 0 Å². The van der Waals surface area contributed by atoms with E-state index in [1.807, 2.05) is 6.20 Å². The van der Waals surface area contributed by atoms with E-state index in [1.54, 1.807) is 6.20 Å². The molecule has 11 heavy (non-hydrogen) atoms. The van der Waals surface area contributed by atoms with E-state index in [4.69, 9.17) is 0 Å². The molecule has 3 heteroatoms. The first kappa shape index (κ1) is 8.65. The Balaban J connectivity index is 2.36. The van der Waals surface area contributed by atoms with E-state index < -0.39 is 0 Å². The van der Waals surface area contributed by atoms with E-state index in [1.165, 1.54) is 12.8 Å². The number of nitrogens with one attached hydrogen (secondary N) is 1. The Labute approximate surface area is 72.8 Å². The van der Waals surface area contributed by atoms with Gasteiger partial charge >= 0.3 is 0 Å². The molecule has 0 spiro atoms. The molecule has 0 aliphatic rings. The number of rotatable bonds is 4. The number of hydrogen-bond acceptors (Lipinski definition) is 2. The SMILES string of the molecule is CCCC[C@@H](S)c1ncc[nH]1. The van der Waals surface area contributed by atoms with Crippen LogP contribution in [0, 0.1) is 0 Å². The molecule has 0 amide bonds. The van der Waals surface area contributed by atoms with Gasteiger partial charge in [-0.2, -0.15) is 12.6 Å². The first-order valence-electron chi connectivity index (χ1n) is 4.02. The van der Waals surface area contributed by atoms with E-state index >= 15 is 0 Å². The predicted molar refractivity (Wildman–Crippen MR) is 49.8 cm³/mol. The fraction of sp³-hybridized carbons (Fsp3) is 0.625. The van der Waals surface area contributed by atoms with E-state index in [9.17, 15) is 0 Å². The Kier molecular flexibility index (Phi) is 3.49. The van der Waals surface area contributed by atoms with E-state index in [0.717, 1.165) is 12.2 Å². The van der Waals surface area contributed by atoms with Crippen LogP contribution >= 0.6 is 12.6 Å². The van der Waals surface area contributed by atoms with Crippen molar-refractivity contribution in [1.29, 1.82) is 0 Å². The second-order valence-electron chi connectivity index (χ2n) is 2.63. The van der Waals surface area contributed by atoms with Crippen LogP contribution in [0.1, 0.15) is 37.3 Å². The molecule has 0 saturated heterocycles. The second kappa shape index (κ2) is 4.44. The summed E-state index contributed by atoms with van der Waals surface area (Å²) < 4.78 is 0. The monoisotopic (exact) mass is 170 g/mol. The van der Waals surface area contributed by atoms with Gasteiger partial charge in [-0.05, 0) is 6.42 Å². The molecule has 1 aromatic heterocycles. The molecule has 1 rings (SSSR count). The topological polar surface area (TPSA) is 28.7 Å². The van der Waals surface area contributed by atoms with Gasteiger partial charge in [-0.1, -0.05) is 19.8 Å². The van der Waals surface area contributed by atoms with Crippen LogP contribution in [0.4, 0.5) is 0 Å². The average molecular weight is 170 g/mol. The van der Waals surface area contributed by atoms with Gasteiger partial charge < -0.3 is 4.98 Å². The molecule has 0 aliphatic carbocycles. The van der Waals surface area contributed by atoms with Crippen molar-refractivity contribution in [1.82, 2.24) is 9.97 Å². The van der Waals surface area contributed by atoms with Crippen molar-refractivity contribution in [3.63, 3.8) is 0 Å². The largest absolute Gasteiger partial charge is 0.348 e. The maximum atomic E-state index is 4.43. The zero-order valence-electron chi connectivity index (χ0n) is 6.75. The summed E-state index contributed by atoms with van der Waals surface area (Å²) in [5.41, 5.74) is 0. The molecule has 1 N–H and O–H groups in total. The van der Waals surface area contributed by atoms with Gasteiger partial charge in [-0.15, -0.1) is 0 Å². The number of H-pyrrole nitrogens is 1. The minimum Gasteiger partial charge on any atom is -0.348 e. The number of thiol groups is 1. The van der Waals surface area contributed by atoms with E-state index in [-0.39, 0.29) is 5.25 Å². The Morgan fingerprint density at radius 2 is 2.55 bits per heavy atom. The lowest BCUT2D eigenvalue weighted by atomic mass is 10.2. The van der Waals surface area contributed by atoms with Gasteiger partial charge in [0.25, 0.3) is 0 Å². The summed E-state index contributed by atoms with van der Waals surface area (Å²) in [6, 6.07) is 0. The summed E-state index contributed by atoms with van der Waals surface area (Å²) in [4.78, 5) is 7.20. The molecule has 2 nitrogen and oxygen atoms in total. The van der Waals surface area contributed by atoms with Crippen molar-refractivity contribution < 1.29 is 0 Å². The lowest BCUT2D eigenvalue weighted by Gasteiger charge is -2.05. The summed E-state index contributed by atoms with van der Waals surface area (Å²) in [7, 11) is 0. The third-order valence-electron chi connectivity index (χ3n) is 1.67. The van der Waals surface area contributed by atoms with Crippen LogP contribution in [0.5, 0.6) is 0 Å². The van der Waals surface area contributed by atoms with Gasteiger partial charge in [0.15, 0.2) is 0 Å². The standard InChI is InChI=1S/C8H14N2S/c1-2-3-4-7(11)8-9-5-6-10-8/h5-7,11H,2-4H2,1H3,(H,9,10)/t7-/m1/s1. The number of imidazole rings is 1. The molecule has 0 saturated carbocycles. The smallest absolute Gasteiger partial charge is 0.118 e. The molecule has 1 aromatic rings. The van der Waals surface area contributed by atoms with Crippen molar-refractivity contribution in [2.45, 2.75) is 31.4 Å². The third kappa shape index (κ3) is 2.58. The second-order valence-corrected chi connectivity index (χ2v) is 3.26. The normalized spacial score (nSPS) is 13.3. The molecular formula is C8H14N2S. The predicted octanol–water partition coefficient (Wildman–Crippen LogP) is 2.57. The van der Waals surface area contributed by atoms with E-state index in [2.05, 4.69) is 29.5 Å². The third-order valence-corrected chi connectivity index (χ3v) is 2.17. The molecule has 0 unspecified atom stereocenters. The highest BCUT2D eigenvalue weighted by atomic mass is 32.1. The first-order chi connectivity index (χ1) is 5.34. The highest BCUT2D eigenvalue weighted by molar-refractivity contribution is 7.80. The quantitative estimate of drug-likeness (QED) is 0.668. The zero-order valence-corrected chi connectivity index (χ0v) is 7.64. The van der Waals surface area contributed by atoms with Crippen molar-refractivity contribution in [2.75, 3.05) is 0 Å². The van der Waals surface area contributed by atoms with Crippen LogP contribution in [0.2, 0.25) is 0 Å². The Morgan fingerprint density at radius 1 is 1.73 bits per heavy atom. The van der Waals surface area contributed by atoms with Crippen LogP contribution in [0.15, 0.2) is 12.4 Å². The minimum atomic E-state index is 0.282. The molecule has 0 fully saturated rings. The number of unbranched alkanes of at least 4 members (excludes halogenated alkanes) is 1. The number of aromatic nitrogens is 2. The van der Waals surface area contributed by atoms with Crippen molar-refractivity contribution in [3.05, 3.63) is 18.2 Å². The minimum absolute atomic E-state index is 0.282. The molecular weight excluding hydrogens is 156 g/mol. The number of nitrogens with zero attached hydrogens (tertiary/aromatic N) is 1. The van der Waals surface area contributed by atoms with Gasteiger partial charge in [0, 0.05) is 12.4 Å². The van der Waals surface area contributed by atoms with E-state index in [0.29, 0.717) is 0 Å². The Bertz CT molecular complexity index is 184. The highest BCUT2D eigenvalue weighted by Gasteiger charge is 2.06.